The summed E-state index contributed by atoms with van der Waals surface area (Å²) in [5.41, 5.74) is 3.64. The van der Waals surface area contributed by atoms with Crippen LogP contribution in [0.1, 0.15) is 55.0 Å². The average molecular weight is 450 g/mol. The summed E-state index contributed by atoms with van der Waals surface area (Å²) in [5, 5.41) is 10.8. The molecule has 1 aromatic carbocycles. The standard InChI is InChI=1S/C24H28FN7O/c1-14-21-22(31(3)15(2)23(33)29-21)30-24(28-14)26-11-16-12-27-32(13-16)20-9-6-18(10-20)17-4-7-19(25)8-5-17/h4-5,7-8,12-13,15,18,20H,6,9-11H2,1-3H3,(H,29,33)(H,26,28,30)/t15-,18?,20?/m0/s1. The van der Waals surface area contributed by atoms with Gasteiger partial charge >= 0.3 is 0 Å². The van der Waals surface area contributed by atoms with Crippen LogP contribution in [0.2, 0.25) is 0 Å². The number of fused-ring (bicyclic) bond motifs is 1. The second kappa shape index (κ2) is 8.46. The maximum absolute atomic E-state index is 13.2. The second-order valence-corrected chi connectivity index (χ2v) is 9.00. The normalized spacial score (nSPS) is 22.2. The van der Waals surface area contributed by atoms with Crippen LogP contribution in [-0.4, -0.2) is 38.7 Å². The Morgan fingerprint density at radius 3 is 2.79 bits per heavy atom. The molecule has 33 heavy (non-hydrogen) atoms. The summed E-state index contributed by atoms with van der Waals surface area (Å²) in [6.45, 7) is 4.27. The zero-order chi connectivity index (χ0) is 23.1. The molecule has 1 aliphatic carbocycles. The summed E-state index contributed by atoms with van der Waals surface area (Å²) in [5.74, 6) is 1.42. The van der Waals surface area contributed by atoms with E-state index in [1.807, 2.05) is 48.8 Å². The van der Waals surface area contributed by atoms with Crippen LogP contribution in [0.4, 0.5) is 21.8 Å². The van der Waals surface area contributed by atoms with Crippen molar-refractivity contribution in [2.45, 2.75) is 57.7 Å². The highest BCUT2D eigenvalue weighted by Gasteiger charge is 2.30. The molecular formula is C24H28FN7O. The molecule has 2 unspecified atom stereocenters. The van der Waals surface area contributed by atoms with Crippen LogP contribution in [0, 0.1) is 12.7 Å². The number of rotatable bonds is 5. The van der Waals surface area contributed by atoms with Crippen molar-refractivity contribution in [1.29, 1.82) is 0 Å². The zero-order valence-corrected chi connectivity index (χ0v) is 19.0. The monoisotopic (exact) mass is 449 g/mol. The molecule has 0 bridgehead atoms. The lowest BCUT2D eigenvalue weighted by Crippen LogP contribution is -2.44. The smallest absolute Gasteiger partial charge is 0.246 e. The van der Waals surface area contributed by atoms with Gasteiger partial charge in [0.25, 0.3) is 0 Å². The van der Waals surface area contributed by atoms with Gasteiger partial charge in [0.1, 0.15) is 17.5 Å². The average Bonchev–Trinajstić information content (AvgIpc) is 3.47. The molecule has 5 rings (SSSR count). The summed E-state index contributed by atoms with van der Waals surface area (Å²) in [6.07, 6.45) is 7.08. The van der Waals surface area contributed by atoms with E-state index in [1.165, 1.54) is 17.7 Å². The quantitative estimate of drug-likeness (QED) is 0.612. The Labute approximate surface area is 192 Å². The molecule has 3 atom stereocenters. The molecule has 9 heteroatoms. The van der Waals surface area contributed by atoms with Crippen molar-refractivity contribution in [3.05, 3.63) is 59.3 Å². The molecule has 172 valence electrons. The fourth-order valence-electron chi connectivity index (χ4n) is 4.71. The Kier molecular flexibility index (Phi) is 5.47. The van der Waals surface area contributed by atoms with Crippen LogP contribution in [0.5, 0.6) is 0 Å². The van der Waals surface area contributed by atoms with Gasteiger partial charge in [-0.2, -0.15) is 10.1 Å². The fourth-order valence-corrected chi connectivity index (χ4v) is 4.71. The number of hydrogen-bond donors (Lipinski definition) is 2. The summed E-state index contributed by atoms with van der Waals surface area (Å²) in [4.78, 5) is 23.1. The van der Waals surface area contributed by atoms with Gasteiger partial charge < -0.3 is 15.5 Å². The predicted octanol–water partition coefficient (Wildman–Crippen LogP) is 4.02. The van der Waals surface area contributed by atoms with Crippen LogP contribution in [0.25, 0.3) is 0 Å². The zero-order valence-electron chi connectivity index (χ0n) is 19.0. The lowest BCUT2D eigenvalue weighted by molar-refractivity contribution is -0.117. The molecule has 1 saturated carbocycles. The fraction of sp³-hybridized carbons (Fsp3) is 0.417. The van der Waals surface area contributed by atoms with Gasteiger partial charge in [0.2, 0.25) is 11.9 Å². The minimum absolute atomic E-state index is 0.0570. The van der Waals surface area contributed by atoms with E-state index in [2.05, 4.69) is 31.9 Å². The van der Waals surface area contributed by atoms with E-state index in [0.717, 1.165) is 30.5 Å². The first-order valence-corrected chi connectivity index (χ1v) is 11.3. The van der Waals surface area contributed by atoms with Crippen LogP contribution >= 0.6 is 0 Å². The predicted molar refractivity (Wildman–Crippen MR) is 125 cm³/mol. The molecule has 1 aliphatic heterocycles. The van der Waals surface area contributed by atoms with Crippen molar-refractivity contribution in [3.63, 3.8) is 0 Å². The number of halogens is 1. The molecule has 3 heterocycles. The van der Waals surface area contributed by atoms with E-state index in [1.54, 1.807) is 0 Å². The highest BCUT2D eigenvalue weighted by atomic mass is 19.1. The molecule has 2 aliphatic rings. The van der Waals surface area contributed by atoms with Crippen LogP contribution in [-0.2, 0) is 11.3 Å². The lowest BCUT2D eigenvalue weighted by atomic mass is 9.97. The van der Waals surface area contributed by atoms with Gasteiger partial charge in [0.15, 0.2) is 5.82 Å². The van der Waals surface area contributed by atoms with Crippen molar-refractivity contribution in [2.24, 2.45) is 0 Å². The summed E-state index contributed by atoms with van der Waals surface area (Å²) >= 11 is 0. The molecule has 0 radical (unpaired) electrons. The minimum atomic E-state index is -0.289. The number of nitrogens with zero attached hydrogens (tertiary/aromatic N) is 5. The van der Waals surface area contributed by atoms with Gasteiger partial charge in [-0.3, -0.25) is 9.48 Å². The number of hydrogen-bond acceptors (Lipinski definition) is 6. The Morgan fingerprint density at radius 1 is 1.21 bits per heavy atom. The second-order valence-electron chi connectivity index (χ2n) is 9.00. The SMILES string of the molecule is Cc1nc(NCc2cnn(C3CCC(c4ccc(F)cc4)C3)c2)nc2c1NC(=O)[C@H](C)N2C. The van der Waals surface area contributed by atoms with E-state index in [4.69, 9.17) is 0 Å². The number of amides is 1. The van der Waals surface area contributed by atoms with Crippen LogP contribution in [0.15, 0.2) is 36.7 Å². The van der Waals surface area contributed by atoms with Gasteiger partial charge in [-0.15, -0.1) is 0 Å². The van der Waals surface area contributed by atoms with E-state index in [0.29, 0.717) is 36.0 Å². The number of carbonyl (C=O) groups excluding carboxylic acids is 1. The van der Waals surface area contributed by atoms with Gasteiger partial charge in [-0.1, -0.05) is 12.1 Å². The van der Waals surface area contributed by atoms with Gasteiger partial charge in [0, 0.05) is 25.4 Å². The number of aromatic nitrogens is 4. The molecule has 0 spiro atoms. The van der Waals surface area contributed by atoms with E-state index >= 15 is 0 Å². The Balaban J connectivity index is 1.24. The number of anilines is 3. The van der Waals surface area contributed by atoms with E-state index in [-0.39, 0.29) is 17.8 Å². The molecule has 3 aromatic rings. The summed E-state index contributed by atoms with van der Waals surface area (Å²) in [6, 6.07) is 6.92. The highest BCUT2D eigenvalue weighted by molar-refractivity contribution is 6.03. The molecular weight excluding hydrogens is 421 g/mol. The third kappa shape index (κ3) is 4.15. The number of carbonyl (C=O) groups is 1. The van der Waals surface area contributed by atoms with Crippen LogP contribution < -0.4 is 15.5 Å². The molecule has 1 amide bonds. The largest absolute Gasteiger partial charge is 0.350 e. The number of nitrogens with one attached hydrogen (secondary N) is 2. The number of benzene rings is 1. The minimum Gasteiger partial charge on any atom is -0.350 e. The molecule has 2 N–H and O–H groups in total. The van der Waals surface area contributed by atoms with Crippen molar-refractivity contribution in [1.82, 2.24) is 19.7 Å². The van der Waals surface area contributed by atoms with Gasteiger partial charge in [-0.05, 0) is 56.7 Å². The van der Waals surface area contributed by atoms with E-state index < -0.39 is 0 Å². The topological polar surface area (TPSA) is 88.0 Å². The Bertz CT molecular complexity index is 1180. The molecule has 2 aromatic heterocycles. The van der Waals surface area contributed by atoms with Crippen molar-refractivity contribution in [3.8, 4) is 0 Å². The molecule has 8 nitrogen and oxygen atoms in total. The third-order valence-corrected chi connectivity index (χ3v) is 6.84. The maximum atomic E-state index is 13.2. The Morgan fingerprint density at radius 2 is 2.00 bits per heavy atom. The first kappa shape index (κ1) is 21.4. The lowest BCUT2D eigenvalue weighted by Gasteiger charge is -2.32. The molecule has 0 saturated heterocycles. The number of aryl methyl sites for hydroxylation is 1. The van der Waals surface area contributed by atoms with Crippen molar-refractivity contribution < 1.29 is 9.18 Å². The van der Waals surface area contributed by atoms with E-state index in [9.17, 15) is 9.18 Å². The first-order valence-electron chi connectivity index (χ1n) is 11.3. The summed E-state index contributed by atoms with van der Waals surface area (Å²) < 4.78 is 15.3. The number of likely N-dealkylation sites (N-methyl/N-ethyl adjacent to an activating group) is 1. The van der Waals surface area contributed by atoms with Crippen LogP contribution in [0.3, 0.4) is 0 Å². The highest BCUT2D eigenvalue weighted by Crippen LogP contribution is 2.40. The van der Waals surface area contributed by atoms with Crippen molar-refractivity contribution >= 4 is 23.4 Å². The summed E-state index contributed by atoms with van der Waals surface area (Å²) in [7, 11) is 1.86. The third-order valence-electron chi connectivity index (χ3n) is 6.84. The molecule has 1 fully saturated rings. The van der Waals surface area contributed by atoms with Crippen molar-refractivity contribution in [2.75, 3.05) is 22.6 Å². The van der Waals surface area contributed by atoms with Gasteiger partial charge in [-0.25, -0.2) is 9.37 Å². The van der Waals surface area contributed by atoms with Gasteiger partial charge in [0.05, 0.1) is 17.9 Å². The Hall–Kier alpha value is -3.49. The maximum Gasteiger partial charge on any atom is 0.246 e. The first-order chi connectivity index (χ1) is 15.9.